The molecule has 19 heavy (non-hydrogen) atoms. The minimum absolute atomic E-state index is 0.205. The number of hydrogen-bond donors (Lipinski definition) is 1. The van der Waals surface area contributed by atoms with Crippen molar-refractivity contribution in [2.24, 2.45) is 11.1 Å². The molecule has 0 aliphatic heterocycles. The predicted molar refractivity (Wildman–Crippen MR) is 73.5 cm³/mol. The van der Waals surface area contributed by atoms with E-state index in [0.717, 1.165) is 12.0 Å². The molecule has 1 fully saturated rings. The highest BCUT2D eigenvalue weighted by Crippen LogP contribution is 2.42. The molecule has 2 aromatic rings. The molecule has 1 aliphatic rings. The van der Waals surface area contributed by atoms with E-state index in [0.29, 0.717) is 18.3 Å². The Morgan fingerprint density at radius 1 is 1.37 bits per heavy atom. The lowest BCUT2D eigenvalue weighted by Crippen LogP contribution is -2.39. The molecule has 0 radical (unpaired) electrons. The third-order valence-corrected chi connectivity index (χ3v) is 4.12. The number of aromatic nitrogens is 2. The van der Waals surface area contributed by atoms with Crippen molar-refractivity contribution in [2.45, 2.75) is 32.6 Å². The van der Waals surface area contributed by atoms with Crippen LogP contribution in [0.15, 0.2) is 28.8 Å². The Bertz CT molecular complexity index is 567. The predicted octanol–water partition coefficient (Wildman–Crippen LogP) is 2.72. The molecule has 1 heterocycles. The van der Waals surface area contributed by atoms with Gasteiger partial charge in [-0.1, -0.05) is 35.3 Å². The van der Waals surface area contributed by atoms with Crippen molar-refractivity contribution in [1.29, 1.82) is 0 Å². The van der Waals surface area contributed by atoms with Gasteiger partial charge in [0.1, 0.15) is 0 Å². The van der Waals surface area contributed by atoms with Crippen molar-refractivity contribution in [2.75, 3.05) is 6.54 Å². The molecule has 4 nitrogen and oxygen atoms in total. The number of nitrogens with zero attached hydrogens (tertiary/aromatic N) is 2. The SMILES string of the molecule is Cc1cccc(-c2noc(CC3(CN)CCC3)n2)c1. The van der Waals surface area contributed by atoms with Crippen molar-refractivity contribution in [3.8, 4) is 11.4 Å². The normalized spacial score (nSPS) is 17.2. The maximum atomic E-state index is 5.86. The molecule has 1 aromatic carbocycles. The standard InChI is InChI=1S/C15H19N3O/c1-11-4-2-5-12(8-11)14-17-13(19-18-14)9-15(10-16)6-3-7-15/h2,4-5,8H,3,6-7,9-10,16H2,1H3. The zero-order valence-corrected chi connectivity index (χ0v) is 11.2. The van der Waals surface area contributed by atoms with Gasteiger partial charge < -0.3 is 10.3 Å². The van der Waals surface area contributed by atoms with Crippen LogP contribution < -0.4 is 5.73 Å². The van der Waals surface area contributed by atoms with Crippen LogP contribution in [0, 0.1) is 12.3 Å². The summed E-state index contributed by atoms with van der Waals surface area (Å²) in [6.07, 6.45) is 4.41. The summed E-state index contributed by atoms with van der Waals surface area (Å²) in [7, 11) is 0. The Morgan fingerprint density at radius 2 is 2.21 bits per heavy atom. The van der Waals surface area contributed by atoms with Crippen LogP contribution in [0.1, 0.15) is 30.7 Å². The van der Waals surface area contributed by atoms with Crippen LogP contribution >= 0.6 is 0 Å². The second kappa shape index (κ2) is 4.78. The number of nitrogens with two attached hydrogens (primary N) is 1. The van der Waals surface area contributed by atoms with E-state index in [-0.39, 0.29) is 5.41 Å². The Labute approximate surface area is 113 Å². The first-order chi connectivity index (χ1) is 9.21. The molecule has 1 saturated carbocycles. The van der Waals surface area contributed by atoms with Gasteiger partial charge in [-0.25, -0.2) is 0 Å². The molecule has 0 amide bonds. The zero-order valence-electron chi connectivity index (χ0n) is 11.2. The number of hydrogen-bond acceptors (Lipinski definition) is 4. The molecule has 100 valence electrons. The molecule has 1 aliphatic carbocycles. The molecule has 0 bridgehead atoms. The molecule has 1 aromatic heterocycles. The minimum Gasteiger partial charge on any atom is -0.339 e. The lowest BCUT2D eigenvalue weighted by Gasteiger charge is -2.39. The Balaban J connectivity index is 1.80. The molecular formula is C15H19N3O. The van der Waals surface area contributed by atoms with Crippen molar-refractivity contribution in [3.63, 3.8) is 0 Å². The van der Waals surface area contributed by atoms with Crippen molar-refractivity contribution >= 4 is 0 Å². The number of benzene rings is 1. The molecule has 4 heteroatoms. The quantitative estimate of drug-likeness (QED) is 0.914. The smallest absolute Gasteiger partial charge is 0.227 e. The van der Waals surface area contributed by atoms with Crippen LogP contribution in [-0.2, 0) is 6.42 Å². The third kappa shape index (κ3) is 2.40. The first-order valence-corrected chi connectivity index (χ1v) is 6.80. The fourth-order valence-electron chi connectivity index (χ4n) is 2.68. The molecule has 0 saturated heterocycles. The Hall–Kier alpha value is -1.68. The van der Waals surface area contributed by atoms with E-state index < -0.39 is 0 Å². The van der Waals surface area contributed by atoms with Gasteiger partial charge in [-0.3, -0.25) is 0 Å². The summed E-state index contributed by atoms with van der Waals surface area (Å²) in [4.78, 5) is 4.50. The highest BCUT2D eigenvalue weighted by molar-refractivity contribution is 5.55. The zero-order chi connectivity index (χ0) is 13.3. The molecule has 0 unspecified atom stereocenters. The van der Waals surface area contributed by atoms with E-state index >= 15 is 0 Å². The van der Waals surface area contributed by atoms with Gasteiger partial charge in [0.2, 0.25) is 11.7 Å². The summed E-state index contributed by atoms with van der Waals surface area (Å²) in [6, 6.07) is 8.14. The van der Waals surface area contributed by atoms with Gasteiger partial charge in [0.05, 0.1) is 0 Å². The second-order valence-electron chi connectivity index (χ2n) is 5.62. The highest BCUT2D eigenvalue weighted by Gasteiger charge is 2.37. The summed E-state index contributed by atoms with van der Waals surface area (Å²) in [6.45, 7) is 2.76. The van der Waals surface area contributed by atoms with Crippen LogP contribution in [0.25, 0.3) is 11.4 Å². The fourth-order valence-corrected chi connectivity index (χ4v) is 2.68. The summed E-state index contributed by atoms with van der Waals surface area (Å²) < 4.78 is 5.38. The van der Waals surface area contributed by atoms with Crippen LogP contribution in [0.3, 0.4) is 0 Å². The highest BCUT2D eigenvalue weighted by atomic mass is 16.5. The second-order valence-corrected chi connectivity index (χ2v) is 5.62. The largest absolute Gasteiger partial charge is 0.339 e. The third-order valence-electron chi connectivity index (χ3n) is 4.12. The average Bonchev–Trinajstić information content (AvgIpc) is 2.82. The van der Waals surface area contributed by atoms with E-state index in [1.165, 1.54) is 24.8 Å². The van der Waals surface area contributed by atoms with Gasteiger partial charge in [-0.15, -0.1) is 0 Å². The summed E-state index contributed by atoms with van der Waals surface area (Å²) in [5.74, 6) is 1.38. The fraction of sp³-hybridized carbons (Fsp3) is 0.467. The molecule has 2 N–H and O–H groups in total. The van der Waals surface area contributed by atoms with Crippen molar-refractivity contribution in [3.05, 3.63) is 35.7 Å². The van der Waals surface area contributed by atoms with Gasteiger partial charge in [0.25, 0.3) is 0 Å². The summed E-state index contributed by atoms with van der Waals surface area (Å²) in [5, 5.41) is 4.08. The van der Waals surface area contributed by atoms with Crippen molar-refractivity contribution in [1.82, 2.24) is 10.1 Å². The van der Waals surface area contributed by atoms with Crippen molar-refractivity contribution < 1.29 is 4.52 Å². The first-order valence-electron chi connectivity index (χ1n) is 6.80. The van der Waals surface area contributed by atoms with E-state index in [1.807, 2.05) is 12.1 Å². The van der Waals surface area contributed by atoms with Gasteiger partial charge in [-0.2, -0.15) is 4.98 Å². The molecule has 0 atom stereocenters. The van der Waals surface area contributed by atoms with E-state index in [4.69, 9.17) is 10.3 Å². The lowest BCUT2D eigenvalue weighted by molar-refractivity contribution is 0.129. The van der Waals surface area contributed by atoms with Gasteiger partial charge >= 0.3 is 0 Å². The van der Waals surface area contributed by atoms with E-state index in [9.17, 15) is 0 Å². The van der Waals surface area contributed by atoms with Crippen LogP contribution in [0.4, 0.5) is 0 Å². The van der Waals surface area contributed by atoms with Crippen LogP contribution in [-0.4, -0.2) is 16.7 Å². The Morgan fingerprint density at radius 3 is 2.84 bits per heavy atom. The first kappa shape index (κ1) is 12.4. The average molecular weight is 257 g/mol. The lowest BCUT2D eigenvalue weighted by atomic mass is 9.67. The summed E-state index contributed by atoms with van der Waals surface area (Å²) >= 11 is 0. The number of aryl methyl sites for hydroxylation is 1. The van der Waals surface area contributed by atoms with Gasteiger partial charge in [0.15, 0.2) is 0 Å². The number of rotatable bonds is 4. The monoisotopic (exact) mass is 257 g/mol. The van der Waals surface area contributed by atoms with Crippen LogP contribution in [0.2, 0.25) is 0 Å². The molecule has 3 rings (SSSR count). The molecule has 0 spiro atoms. The topological polar surface area (TPSA) is 64.9 Å². The van der Waals surface area contributed by atoms with E-state index in [2.05, 4.69) is 29.2 Å². The summed E-state index contributed by atoms with van der Waals surface area (Å²) in [5.41, 5.74) is 8.27. The van der Waals surface area contributed by atoms with Gasteiger partial charge in [0, 0.05) is 12.0 Å². The minimum atomic E-state index is 0.205. The maximum Gasteiger partial charge on any atom is 0.227 e. The van der Waals surface area contributed by atoms with Crippen LogP contribution in [0.5, 0.6) is 0 Å². The Kier molecular flexibility index (Phi) is 3.11. The molecular weight excluding hydrogens is 238 g/mol. The van der Waals surface area contributed by atoms with E-state index in [1.54, 1.807) is 0 Å². The van der Waals surface area contributed by atoms with Gasteiger partial charge in [-0.05, 0) is 37.8 Å². The maximum absolute atomic E-state index is 5.86.